The van der Waals surface area contributed by atoms with E-state index in [1.807, 2.05) is 24.3 Å². The lowest BCUT2D eigenvalue weighted by atomic mass is 9.97. The van der Waals surface area contributed by atoms with Gasteiger partial charge in [-0.1, -0.05) is 11.8 Å². The van der Waals surface area contributed by atoms with Crippen LogP contribution < -0.4 is 5.56 Å². The van der Waals surface area contributed by atoms with Crippen LogP contribution in [0.5, 0.6) is 0 Å². The number of H-pyrrole nitrogens is 1. The van der Waals surface area contributed by atoms with Crippen molar-refractivity contribution in [1.82, 2.24) is 29.5 Å². The lowest BCUT2D eigenvalue weighted by Gasteiger charge is -2.09. The van der Waals surface area contributed by atoms with E-state index < -0.39 is 0 Å². The zero-order valence-corrected chi connectivity index (χ0v) is 16.7. The highest BCUT2D eigenvalue weighted by molar-refractivity contribution is 7.98. The van der Waals surface area contributed by atoms with Crippen LogP contribution in [0.4, 0.5) is 0 Å². The van der Waals surface area contributed by atoms with Crippen LogP contribution in [0.3, 0.4) is 0 Å². The summed E-state index contributed by atoms with van der Waals surface area (Å²) in [6.45, 7) is 3.95. The van der Waals surface area contributed by atoms with Crippen LogP contribution in [0, 0.1) is 13.8 Å². The van der Waals surface area contributed by atoms with Gasteiger partial charge in [0.2, 0.25) is 0 Å². The molecular formula is C18H18N6OS2. The van der Waals surface area contributed by atoms with Gasteiger partial charge in [-0.05, 0) is 51.2 Å². The molecule has 1 aliphatic carbocycles. The zero-order valence-electron chi connectivity index (χ0n) is 15.1. The molecule has 4 aromatic heterocycles. The maximum absolute atomic E-state index is 12.7. The zero-order chi connectivity index (χ0) is 18.5. The van der Waals surface area contributed by atoms with Gasteiger partial charge in [-0.2, -0.15) is 0 Å². The topological polar surface area (TPSA) is 88.8 Å². The van der Waals surface area contributed by atoms with Crippen molar-refractivity contribution in [2.45, 2.75) is 50.4 Å². The highest BCUT2D eigenvalue weighted by Crippen LogP contribution is 2.33. The molecule has 4 heterocycles. The van der Waals surface area contributed by atoms with E-state index in [-0.39, 0.29) is 5.56 Å². The van der Waals surface area contributed by atoms with Crippen LogP contribution in [-0.4, -0.2) is 29.5 Å². The van der Waals surface area contributed by atoms with Gasteiger partial charge in [-0.3, -0.25) is 9.20 Å². The molecule has 27 heavy (non-hydrogen) atoms. The van der Waals surface area contributed by atoms with Gasteiger partial charge in [0.25, 0.3) is 11.3 Å². The number of thiophene rings is 1. The van der Waals surface area contributed by atoms with Crippen LogP contribution in [0.2, 0.25) is 0 Å². The second kappa shape index (κ2) is 6.42. The fourth-order valence-electron chi connectivity index (χ4n) is 3.70. The standard InChI is InChI=1S/C18H18N6OS2/c1-9-7-10(2)24-17(19-9)22-23-18(24)26-8-13-20-15(25)14-11-5-3-4-6-12(11)27-16(14)21-13/h7H,3-6,8H2,1-2H3,(H,20,21,25). The van der Waals surface area contributed by atoms with Gasteiger partial charge in [0.15, 0.2) is 5.16 Å². The predicted octanol–water partition coefficient (Wildman–Crippen LogP) is 3.21. The number of aromatic nitrogens is 6. The van der Waals surface area contributed by atoms with E-state index in [1.54, 1.807) is 11.3 Å². The van der Waals surface area contributed by atoms with Crippen molar-refractivity contribution in [3.8, 4) is 0 Å². The van der Waals surface area contributed by atoms with Crippen LogP contribution >= 0.6 is 23.1 Å². The molecule has 0 bridgehead atoms. The molecule has 0 radical (unpaired) electrons. The molecule has 0 amide bonds. The molecule has 1 N–H and O–H groups in total. The first-order valence-corrected chi connectivity index (χ1v) is 10.8. The fourth-order valence-corrected chi connectivity index (χ4v) is 5.84. The monoisotopic (exact) mass is 398 g/mol. The molecule has 138 valence electrons. The minimum atomic E-state index is -0.0189. The van der Waals surface area contributed by atoms with Crippen molar-refractivity contribution in [3.63, 3.8) is 0 Å². The van der Waals surface area contributed by atoms with Gasteiger partial charge >= 0.3 is 0 Å². The molecule has 0 saturated carbocycles. The Morgan fingerprint density at radius 2 is 2.07 bits per heavy atom. The van der Waals surface area contributed by atoms with E-state index in [4.69, 9.17) is 4.98 Å². The summed E-state index contributed by atoms with van der Waals surface area (Å²) in [4.78, 5) is 27.0. The molecule has 4 aromatic rings. The second-order valence-corrected chi connectivity index (χ2v) is 8.88. The molecule has 5 rings (SSSR count). The van der Waals surface area contributed by atoms with Crippen LogP contribution in [-0.2, 0) is 18.6 Å². The molecule has 0 saturated heterocycles. The molecule has 0 aromatic carbocycles. The first-order valence-electron chi connectivity index (χ1n) is 8.96. The summed E-state index contributed by atoms with van der Waals surface area (Å²) in [5.74, 6) is 1.80. The van der Waals surface area contributed by atoms with Crippen LogP contribution in [0.25, 0.3) is 16.0 Å². The summed E-state index contributed by atoms with van der Waals surface area (Å²) >= 11 is 3.18. The Balaban J connectivity index is 1.48. The van der Waals surface area contributed by atoms with E-state index >= 15 is 0 Å². The lowest BCUT2D eigenvalue weighted by Crippen LogP contribution is -2.12. The Hall–Kier alpha value is -2.26. The average molecular weight is 399 g/mol. The molecule has 1 aliphatic rings. The molecule has 0 spiro atoms. The number of hydrogen-bond acceptors (Lipinski definition) is 7. The highest BCUT2D eigenvalue weighted by atomic mass is 32.2. The van der Waals surface area contributed by atoms with Gasteiger partial charge < -0.3 is 4.98 Å². The van der Waals surface area contributed by atoms with Gasteiger partial charge in [0.05, 0.1) is 11.1 Å². The molecule has 0 atom stereocenters. The predicted molar refractivity (Wildman–Crippen MR) is 107 cm³/mol. The maximum Gasteiger partial charge on any atom is 0.259 e. The van der Waals surface area contributed by atoms with Crippen molar-refractivity contribution in [2.24, 2.45) is 0 Å². The average Bonchev–Trinajstić information content (AvgIpc) is 3.21. The Labute approximate surface area is 163 Å². The number of thioether (sulfide) groups is 1. The second-order valence-electron chi connectivity index (χ2n) is 6.85. The number of nitrogens with one attached hydrogen (secondary N) is 1. The van der Waals surface area contributed by atoms with Gasteiger partial charge in [-0.25, -0.2) is 9.97 Å². The van der Waals surface area contributed by atoms with Gasteiger partial charge in [0, 0.05) is 16.3 Å². The lowest BCUT2D eigenvalue weighted by molar-refractivity contribution is 0.700. The molecule has 0 aliphatic heterocycles. The van der Waals surface area contributed by atoms with Crippen LogP contribution in [0.1, 0.15) is 40.5 Å². The van der Waals surface area contributed by atoms with E-state index in [9.17, 15) is 4.79 Å². The van der Waals surface area contributed by atoms with Gasteiger partial charge in [-0.15, -0.1) is 21.5 Å². The summed E-state index contributed by atoms with van der Waals surface area (Å²) in [5.41, 5.74) is 3.15. The molecule has 9 heteroatoms. The third-order valence-corrected chi connectivity index (χ3v) is 7.00. The van der Waals surface area contributed by atoms with Crippen LogP contribution in [0.15, 0.2) is 16.0 Å². The van der Waals surface area contributed by atoms with E-state index in [1.165, 1.54) is 28.6 Å². The molecule has 7 nitrogen and oxygen atoms in total. The Kier molecular flexibility index (Phi) is 4.01. The third-order valence-electron chi connectivity index (χ3n) is 4.88. The van der Waals surface area contributed by atoms with E-state index in [0.717, 1.165) is 46.0 Å². The summed E-state index contributed by atoms with van der Waals surface area (Å²) in [6, 6.07) is 2.00. The first-order chi connectivity index (χ1) is 13.1. The smallest absolute Gasteiger partial charge is 0.259 e. The fraction of sp³-hybridized carbons (Fsp3) is 0.389. The first kappa shape index (κ1) is 16.9. The maximum atomic E-state index is 12.7. The number of rotatable bonds is 3. The van der Waals surface area contributed by atoms with E-state index in [2.05, 4.69) is 20.2 Å². The number of nitrogens with zero attached hydrogens (tertiary/aromatic N) is 5. The summed E-state index contributed by atoms with van der Waals surface area (Å²) in [6.07, 6.45) is 4.42. The Morgan fingerprint density at radius 1 is 1.22 bits per heavy atom. The van der Waals surface area contributed by atoms with Crippen molar-refractivity contribution in [1.29, 1.82) is 0 Å². The summed E-state index contributed by atoms with van der Waals surface area (Å²) in [7, 11) is 0. The van der Waals surface area contributed by atoms with Crippen molar-refractivity contribution in [2.75, 3.05) is 0 Å². The third kappa shape index (κ3) is 2.85. The van der Waals surface area contributed by atoms with E-state index in [0.29, 0.717) is 17.4 Å². The minimum absolute atomic E-state index is 0.0189. The Morgan fingerprint density at radius 3 is 2.96 bits per heavy atom. The SMILES string of the molecule is Cc1cc(C)n2c(SCc3nc4sc5c(c4c(=O)[nH]3)CCCC5)nnc2n1. The highest BCUT2D eigenvalue weighted by Gasteiger charge is 2.20. The number of fused-ring (bicyclic) bond motifs is 4. The number of hydrogen-bond donors (Lipinski definition) is 1. The van der Waals surface area contributed by atoms with Crippen molar-refractivity contribution in [3.05, 3.63) is 44.1 Å². The quantitative estimate of drug-likeness (QED) is 0.533. The largest absolute Gasteiger partial charge is 0.309 e. The Bertz CT molecular complexity index is 1240. The number of aromatic amines is 1. The molecule has 0 unspecified atom stereocenters. The minimum Gasteiger partial charge on any atom is -0.309 e. The van der Waals surface area contributed by atoms with Crippen molar-refractivity contribution < 1.29 is 0 Å². The normalized spacial score (nSPS) is 14.1. The summed E-state index contributed by atoms with van der Waals surface area (Å²) in [5, 5.41) is 9.95. The molecular weight excluding hydrogens is 380 g/mol. The summed E-state index contributed by atoms with van der Waals surface area (Å²) < 4.78 is 1.93. The van der Waals surface area contributed by atoms with Gasteiger partial charge in [0.1, 0.15) is 10.7 Å². The van der Waals surface area contributed by atoms with Crippen molar-refractivity contribution >= 4 is 39.1 Å². The molecule has 0 fully saturated rings. The number of aryl methyl sites for hydroxylation is 4.